The summed E-state index contributed by atoms with van der Waals surface area (Å²) in [7, 11) is 0. The highest BCUT2D eigenvalue weighted by molar-refractivity contribution is 5.55. The van der Waals surface area contributed by atoms with Gasteiger partial charge >= 0.3 is 0 Å². The first-order valence-electron chi connectivity index (χ1n) is 6.64. The average molecular weight is 251 g/mol. The molecule has 0 saturated carbocycles. The molecule has 1 atom stereocenters. The van der Waals surface area contributed by atoms with E-state index in [2.05, 4.69) is 16.7 Å². The van der Waals surface area contributed by atoms with Crippen LogP contribution >= 0.6 is 0 Å². The van der Waals surface area contributed by atoms with Crippen LogP contribution in [0.15, 0.2) is 18.2 Å². The minimum absolute atomic E-state index is 0.139. The second-order valence-electron chi connectivity index (χ2n) is 4.91. The van der Waals surface area contributed by atoms with Gasteiger partial charge in [-0.2, -0.15) is 0 Å². The second kappa shape index (κ2) is 5.67. The Bertz CT molecular complexity index is 398. The van der Waals surface area contributed by atoms with E-state index in [-0.39, 0.29) is 11.9 Å². The van der Waals surface area contributed by atoms with Gasteiger partial charge in [0.05, 0.1) is 0 Å². The fourth-order valence-corrected chi connectivity index (χ4v) is 2.48. The molecule has 0 aliphatic carbocycles. The predicted molar refractivity (Wildman–Crippen MR) is 73.3 cm³/mol. The number of nitrogens with two attached hydrogens (primary N) is 1. The summed E-state index contributed by atoms with van der Waals surface area (Å²) in [6.07, 6.45) is 0. The smallest absolute Gasteiger partial charge is 0.123 e. The summed E-state index contributed by atoms with van der Waals surface area (Å²) in [4.78, 5) is 4.73. The van der Waals surface area contributed by atoms with Crippen molar-refractivity contribution in [3.8, 4) is 0 Å². The van der Waals surface area contributed by atoms with Crippen LogP contribution in [-0.4, -0.2) is 37.6 Å². The third-order valence-corrected chi connectivity index (χ3v) is 3.64. The maximum atomic E-state index is 13.3. The van der Waals surface area contributed by atoms with E-state index in [1.165, 1.54) is 6.07 Å². The van der Waals surface area contributed by atoms with E-state index < -0.39 is 0 Å². The zero-order valence-electron chi connectivity index (χ0n) is 11.2. The third kappa shape index (κ3) is 2.82. The van der Waals surface area contributed by atoms with Gasteiger partial charge in [-0.3, -0.25) is 0 Å². The molecule has 0 spiro atoms. The molecule has 2 rings (SSSR count). The highest BCUT2D eigenvalue weighted by Gasteiger charge is 2.19. The molecule has 1 heterocycles. The summed E-state index contributed by atoms with van der Waals surface area (Å²) in [6, 6.07) is 4.80. The number of hydrogen-bond acceptors (Lipinski definition) is 3. The Morgan fingerprint density at radius 3 is 2.50 bits per heavy atom. The van der Waals surface area contributed by atoms with E-state index in [1.807, 2.05) is 13.0 Å². The normalized spacial score (nSPS) is 19.0. The largest absolute Gasteiger partial charge is 0.369 e. The Hall–Kier alpha value is -1.13. The van der Waals surface area contributed by atoms with Crippen LogP contribution in [0.2, 0.25) is 0 Å². The number of halogens is 1. The van der Waals surface area contributed by atoms with Gasteiger partial charge in [-0.1, -0.05) is 6.92 Å². The molecule has 1 aliphatic heterocycles. The molecule has 1 aromatic carbocycles. The molecule has 0 bridgehead atoms. The molecule has 0 amide bonds. The number of rotatable bonds is 3. The SMILES string of the molecule is CCN1CCN(c2ccc(F)cc2[C@@H](C)N)CC1. The Morgan fingerprint density at radius 2 is 1.94 bits per heavy atom. The third-order valence-electron chi connectivity index (χ3n) is 3.64. The molecule has 18 heavy (non-hydrogen) atoms. The summed E-state index contributed by atoms with van der Waals surface area (Å²) >= 11 is 0. The highest BCUT2D eigenvalue weighted by Crippen LogP contribution is 2.27. The molecule has 1 fully saturated rings. The monoisotopic (exact) mass is 251 g/mol. The van der Waals surface area contributed by atoms with Gasteiger partial charge in [0.2, 0.25) is 0 Å². The zero-order valence-corrected chi connectivity index (χ0v) is 11.2. The molecule has 3 nitrogen and oxygen atoms in total. The van der Waals surface area contributed by atoms with Crippen LogP contribution in [-0.2, 0) is 0 Å². The molecule has 4 heteroatoms. The molecule has 0 aromatic heterocycles. The molecular formula is C14H22FN3. The van der Waals surface area contributed by atoms with Crippen molar-refractivity contribution in [3.63, 3.8) is 0 Å². The second-order valence-corrected chi connectivity index (χ2v) is 4.91. The van der Waals surface area contributed by atoms with Gasteiger partial charge < -0.3 is 15.5 Å². The van der Waals surface area contributed by atoms with Crippen molar-refractivity contribution in [2.75, 3.05) is 37.6 Å². The maximum absolute atomic E-state index is 13.3. The summed E-state index contributed by atoms with van der Waals surface area (Å²) in [6.45, 7) is 9.27. The Kier molecular flexibility index (Phi) is 4.19. The van der Waals surface area contributed by atoms with Crippen LogP contribution in [0.4, 0.5) is 10.1 Å². The molecule has 0 unspecified atom stereocenters. The van der Waals surface area contributed by atoms with Gasteiger partial charge in [0.15, 0.2) is 0 Å². The topological polar surface area (TPSA) is 32.5 Å². The van der Waals surface area contributed by atoms with E-state index in [9.17, 15) is 4.39 Å². The van der Waals surface area contributed by atoms with Gasteiger partial charge in [0.25, 0.3) is 0 Å². The standard InChI is InChI=1S/C14H22FN3/c1-3-17-6-8-18(9-7-17)14-5-4-12(15)10-13(14)11(2)16/h4-5,10-11H,3,6-9,16H2,1-2H3/t11-/m1/s1. The molecule has 0 radical (unpaired) electrons. The minimum atomic E-state index is -0.210. The van der Waals surface area contributed by atoms with Gasteiger partial charge in [-0.05, 0) is 37.2 Å². The van der Waals surface area contributed by atoms with Gasteiger partial charge in [0, 0.05) is 37.9 Å². The first-order chi connectivity index (χ1) is 8.61. The fraction of sp³-hybridized carbons (Fsp3) is 0.571. The fourth-order valence-electron chi connectivity index (χ4n) is 2.48. The molecule has 100 valence electrons. The summed E-state index contributed by atoms with van der Waals surface area (Å²) in [5.41, 5.74) is 7.93. The van der Waals surface area contributed by atoms with E-state index in [0.717, 1.165) is 44.0 Å². The Morgan fingerprint density at radius 1 is 1.28 bits per heavy atom. The number of nitrogens with zero attached hydrogens (tertiary/aromatic N) is 2. The number of piperazine rings is 1. The van der Waals surface area contributed by atoms with Crippen LogP contribution in [0.1, 0.15) is 25.5 Å². The van der Waals surface area contributed by atoms with Crippen LogP contribution in [0.3, 0.4) is 0 Å². The predicted octanol–water partition coefficient (Wildman–Crippen LogP) is 1.99. The van der Waals surface area contributed by atoms with Gasteiger partial charge in [0.1, 0.15) is 5.82 Å². The average Bonchev–Trinajstić information content (AvgIpc) is 2.39. The van der Waals surface area contributed by atoms with Crippen LogP contribution < -0.4 is 10.6 Å². The quantitative estimate of drug-likeness (QED) is 0.891. The lowest BCUT2D eigenvalue weighted by molar-refractivity contribution is 0.271. The van der Waals surface area contributed by atoms with Crippen molar-refractivity contribution >= 4 is 5.69 Å². The summed E-state index contributed by atoms with van der Waals surface area (Å²) < 4.78 is 13.3. The van der Waals surface area contributed by atoms with Crippen LogP contribution in [0.5, 0.6) is 0 Å². The van der Waals surface area contributed by atoms with E-state index in [1.54, 1.807) is 6.07 Å². The lowest BCUT2D eigenvalue weighted by atomic mass is 10.0. The minimum Gasteiger partial charge on any atom is -0.369 e. The van der Waals surface area contributed by atoms with E-state index >= 15 is 0 Å². The summed E-state index contributed by atoms with van der Waals surface area (Å²) in [5.74, 6) is -0.210. The maximum Gasteiger partial charge on any atom is 0.123 e. The van der Waals surface area contributed by atoms with Crippen molar-refractivity contribution in [3.05, 3.63) is 29.6 Å². The lowest BCUT2D eigenvalue weighted by Gasteiger charge is -2.37. The van der Waals surface area contributed by atoms with E-state index in [4.69, 9.17) is 5.73 Å². The first kappa shape index (κ1) is 13.3. The molecule has 1 saturated heterocycles. The molecule has 1 aromatic rings. The Labute approximate surface area is 108 Å². The first-order valence-corrected chi connectivity index (χ1v) is 6.64. The highest BCUT2D eigenvalue weighted by atomic mass is 19.1. The van der Waals surface area contributed by atoms with E-state index in [0.29, 0.717) is 0 Å². The number of hydrogen-bond donors (Lipinski definition) is 1. The number of anilines is 1. The van der Waals surface area contributed by atoms with Crippen molar-refractivity contribution < 1.29 is 4.39 Å². The van der Waals surface area contributed by atoms with Crippen LogP contribution in [0, 0.1) is 5.82 Å². The van der Waals surface area contributed by atoms with Crippen molar-refractivity contribution in [2.24, 2.45) is 5.73 Å². The number of likely N-dealkylation sites (N-methyl/N-ethyl adjacent to an activating group) is 1. The lowest BCUT2D eigenvalue weighted by Crippen LogP contribution is -2.46. The van der Waals surface area contributed by atoms with Crippen molar-refractivity contribution in [1.29, 1.82) is 0 Å². The summed E-state index contributed by atoms with van der Waals surface area (Å²) in [5, 5.41) is 0. The van der Waals surface area contributed by atoms with Crippen molar-refractivity contribution in [1.82, 2.24) is 4.90 Å². The number of benzene rings is 1. The Balaban J connectivity index is 2.18. The van der Waals surface area contributed by atoms with Gasteiger partial charge in [-0.25, -0.2) is 4.39 Å². The molecular weight excluding hydrogens is 229 g/mol. The molecule has 2 N–H and O–H groups in total. The van der Waals surface area contributed by atoms with Crippen molar-refractivity contribution in [2.45, 2.75) is 19.9 Å². The molecule has 1 aliphatic rings. The van der Waals surface area contributed by atoms with Crippen LogP contribution in [0.25, 0.3) is 0 Å². The zero-order chi connectivity index (χ0) is 13.1. The van der Waals surface area contributed by atoms with Gasteiger partial charge in [-0.15, -0.1) is 0 Å².